The van der Waals surface area contributed by atoms with Crippen molar-refractivity contribution in [1.82, 2.24) is 19.1 Å². The van der Waals surface area contributed by atoms with Crippen LogP contribution in [0.2, 0.25) is 0 Å². The van der Waals surface area contributed by atoms with E-state index in [1.807, 2.05) is 30.3 Å². The normalized spacial score (nSPS) is 12.8. The molecule has 1 heterocycles. The molecule has 0 aliphatic heterocycles. The topological polar surface area (TPSA) is 111 Å². The Balaban J connectivity index is 2.14. The van der Waals surface area contributed by atoms with E-state index >= 15 is 0 Å². The van der Waals surface area contributed by atoms with Gasteiger partial charge in [0, 0.05) is 24.3 Å². The van der Waals surface area contributed by atoms with Crippen molar-refractivity contribution in [2.75, 3.05) is 13.1 Å². The van der Waals surface area contributed by atoms with E-state index < -0.39 is 21.2 Å². The number of hydrogen-bond acceptors (Lipinski definition) is 6. The second-order valence-corrected chi connectivity index (χ2v) is 10.0. The number of para-hydroxylation sites is 1. The van der Waals surface area contributed by atoms with Crippen LogP contribution in [0.3, 0.4) is 0 Å². The maximum atomic E-state index is 13.0. The Labute approximate surface area is 186 Å². The lowest BCUT2D eigenvalue weighted by molar-refractivity contribution is -0.117. The number of sulfonamides is 1. The van der Waals surface area contributed by atoms with Crippen molar-refractivity contribution in [3.63, 3.8) is 0 Å². The zero-order valence-corrected chi connectivity index (χ0v) is 19.2. The molecule has 0 radical (unpaired) electrons. The number of primary amides is 1. The van der Waals surface area contributed by atoms with E-state index in [1.54, 1.807) is 49.6 Å². The van der Waals surface area contributed by atoms with E-state index in [0.29, 0.717) is 29.6 Å². The van der Waals surface area contributed by atoms with Crippen molar-refractivity contribution in [1.29, 1.82) is 0 Å². The molecule has 0 saturated carbocycles. The van der Waals surface area contributed by atoms with E-state index in [-0.39, 0.29) is 4.90 Å². The smallest absolute Gasteiger partial charge is 0.243 e. The molecule has 164 valence electrons. The first-order valence-electron chi connectivity index (χ1n) is 9.87. The monoisotopic (exact) mass is 459 g/mol. The summed E-state index contributed by atoms with van der Waals surface area (Å²) in [5, 5.41) is 8.56. The number of nitrogens with two attached hydrogens (primary N) is 1. The highest BCUT2D eigenvalue weighted by atomic mass is 32.2. The van der Waals surface area contributed by atoms with Gasteiger partial charge < -0.3 is 5.73 Å². The molecule has 2 N–H and O–H groups in total. The summed E-state index contributed by atoms with van der Waals surface area (Å²) >= 11 is 1.20. The molecule has 3 rings (SSSR count). The Morgan fingerprint density at radius 1 is 1.10 bits per heavy atom. The van der Waals surface area contributed by atoms with Crippen LogP contribution in [0.25, 0.3) is 17.1 Å². The van der Waals surface area contributed by atoms with Crippen molar-refractivity contribution in [2.45, 2.75) is 36.1 Å². The molecule has 0 spiro atoms. The average molecular weight is 460 g/mol. The Morgan fingerprint density at radius 2 is 1.77 bits per heavy atom. The van der Waals surface area contributed by atoms with Crippen molar-refractivity contribution < 1.29 is 13.2 Å². The van der Waals surface area contributed by atoms with Crippen LogP contribution in [-0.2, 0) is 14.8 Å². The maximum absolute atomic E-state index is 13.0. The van der Waals surface area contributed by atoms with Gasteiger partial charge in [-0.2, -0.15) is 4.31 Å². The zero-order valence-electron chi connectivity index (χ0n) is 17.6. The Hall–Kier alpha value is -2.69. The van der Waals surface area contributed by atoms with Crippen LogP contribution in [-0.4, -0.2) is 51.7 Å². The van der Waals surface area contributed by atoms with Crippen LogP contribution in [0.1, 0.15) is 20.8 Å². The van der Waals surface area contributed by atoms with Gasteiger partial charge in [0.2, 0.25) is 15.9 Å². The molecule has 31 heavy (non-hydrogen) atoms. The quantitative estimate of drug-likeness (QED) is 0.493. The molecular weight excluding hydrogens is 434 g/mol. The van der Waals surface area contributed by atoms with Gasteiger partial charge in [-0.05, 0) is 31.2 Å². The molecule has 1 unspecified atom stereocenters. The first kappa shape index (κ1) is 23.0. The standard InChI is InChI=1S/C21H25N5O3S2/c1-4-25(5-2)31(28,29)18-13-9-10-16(14-18)20-23-24-21(30-15(3)19(22)27)26(20)17-11-7-6-8-12-17/h6-15H,4-5H2,1-3H3,(H2,22,27). The summed E-state index contributed by atoms with van der Waals surface area (Å²) in [6.07, 6.45) is 0. The Morgan fingerprint density at radius 3 is 2.39 bits per heavy atom. The molecule has 1 atom stereocenters. The van der Waals surface area contributed by atoms with Gasteiger partial charge in [0.05, 0.1) is 10.1 Å². The summed E-state index contributed by atoms with van der Waals surface area (Å²) in [5.41, 5.74) is 6.81. The van der Waals surface area contributed by atoms with Gasteiger partial charge in [-0.1, -0.05) is 55.9 Å². The molecular formula is C21H25N5O3S2. The molecule has 2 aromatic carbocycles. The summed E-state index contributed by atoms with van der Waals surface area (Å²) in [6, 6.07) is 16.1. The van der Waals surface area contributed by atoms with Crippen molar-refractivity contribution >= 4 is 27.7 Å². The summed E-state index contributed by atoms with van der Waals surface area (Å²) < 4.78 is 29.2. The first-order chi connectivity index (χ1) is 14.8. The van der Waals surface area contributed by atoms with Crippen LogP contribution < -0.4 is 5.73 Å². The van der Waals surface area contributed by atoms with Crippen LogP contribution >= 0.6 is 11.8 Å². The van der Waals surface area contributed by atoms with Gasteiger partial charge in [0.25, 0.3) is 0 Å². The Kier molecular flexibility index (Phi) is 7.14. The zero-order chi connectivity index (χ0) is 22.6. The average Bonchev–Trinajstić information content (AvgIpc) is 3.18. The number of benzene rings is 2. The van der Waals surface area contributed by atoms with Gasteiger partial charge in [-0.15, -0.1) is 10.2 Å². The highest BCUT2D eigenvalue weighted by molar-refractivity contribution is 8.00. The number of thioether (sulfide) groups is 1. The summed E-state index contributed by atoms with van der Waals surface area (Å²) in [4.78, 5) is 11.8. The molecule has 0 fully saturated rings. The largest absolute Gasteiger partial charge is 0.369 e. The number of amides is 1. The van der Waals surface area contributed by atoms with Gasteiger partial charge in [-0.3, -0.25) is 9.36 Å². The van der Waals surface area contributed by atoms with Crippen LogP contribution in [0.5, 0.6) is 0 Å². The summed E-state index contributed by atoms with van der Waals surface area (Å²) in [5.74, 6) is 0.0171. The Bertz CT molecular complexity index is 1160. The second kappa shape index (κ2) is 9.63. The molecule has 8 nitrogen and oxygen atoms in total. The minimum absolute atomic E-state index is 0.191. The van der Waals surface area contributed by atoms with Crippen LogP contribution in [0, 0.1) is 0 Å². The number of nitrogens with zero attached hydrogens (tertiary/aromatic N) is 4. The van der Waals surface area contributed by atoms with E-state index in [0.717, 1.165) is 5.69 Å². The molecule has 0 aliphatic carbocycles. The summed E-state index contributed by atoms with van der Waals surface area (Å²) in [7, 11) is -3.62. The van der Waals surface area contributed by atoms with E-state index in [2.05, 4.69) is 10.2 Å². The lowest BCUT2D eigenvalue weighted by atomic mass is 10.2. The fourth-order valence-electron chi connectivity index (χ4n) is 3.07. The second-order valence-electron chi connectivity index (χ2n) is 6.76. The van der Waals surface area contributed by atoms with Gasteiger partial charge in [0.15, 0.2) is 11.0 Å². The summed E-state index contributed by atoms with van der Waals surface area (Å²) in [6.45, 7) is 6.08. The van der Waals surface area contributed by atoms with E-state index in [4.69, 9.17) is 5.73 Å². The van der Waals surface area contributed by atoms with Gasteiger partial charge >= 0.3 is 0 Å². The van der Waals surface area contributed by atoms with Gasteiger partial charge in [-0.25, -0.2) is 8.42 Å². The van der Waals surface area contributed by atoms with Gasteiger partial charge in [0.1, 0.15) is 0 Å². The molecule has 0 saturated heterocycles. The molecule has 1 amide bonds. The van der Waals surface area contributed by atoms with E-state index in [1.165, 1.54) is 16.1 Å². The van der Waals surface area contributed by atoms with Crippen molar-refractivity contribution in [3.05, 3.63) is 54.6 Å². The highest BCUT2D eigenvalue weighted by Gasteiger charge is 2.24. The number of carbonyl (C=O) groups excluding carboxylic acids is 1. The molecule has 0 bridgehead atoms. The lowest BCUT2D eigenvalue weighted by Gasteiger charge is -2.19. The third kappa shape index (κ3) is 4.81. The SMILES string of the molecule is CCN(CC)S(=O)(=O)c1cccc(-c2nnc(SC(C)C(N)=O)n2-c2ccccc2)c1. The third-order valence-electron chi connectivity index (χ3n) is 4.77. The third-order valence-corrected chi connectivity index (χ3v) is 7.87. The van der Waals surface area contributed by atoms with Crippen LogP contribution in [0.15, 0.2) is 64.6 Å². The molecule has 3 aromatic rings. The lowest BCUT2D eigenvalue weighted by Crippen LogP contribution is -2.30. The highest BCUT2D eigenvalue weighted by Crippen LogP contribution is 2.31. The number of carbonyl (C=O) groups is 1. The molecule has 1 aromatic heterocycles. The fraction of sp³-hybridized carbons (Fsp3) is 0.286. The maximum Gasteiger partial charge on any atom is 0.243 e. The first-order valence-corrected chi connectivity index (χ1v) is 12.2. The minimum Gasteiger partial charge on any atom is -0.369 e. The molecule has 10 heteroatoms. The predicted molar refractivity (Wildman–Crippen MR) is 121 cm³/mol. The molecule has 0 aliphatic rings. The number of hydrogen-bond donors (Lipinski definition) is 1. The number of rotatable bonds is 9. The van der Waals surface area contributed by atoms with E-state index in [9.17, 15) is 13.2 Å². The number of aromatic nitrogens is 3. The van der Waals surface area contributed by atoms with Crippen molar-refractivity contribution in [3.8, 4) is 17.1 Å². The minimum atomic E-state index is -3.62. The fourth-order valence-corrected chi connectivity index (χ4v) is 5.39. The van der Waals surface area contributed by atoms with Crippen LogP contribution in [0.4, 0.5) is 0 Å². The predicted octanol–water partition coefficient (Wildman–Crippen LogP) is 2.93. The van der Waals surface area contributed by atoms with Crippen molar-refractivity contribution in [2.24, 2.45) is 5.73 Å².